The van der Waals surface area contributed by atoms with E-state index in [4.69, 9.17) is 18.0 Å². The number of hydrogen-bond donors (Lipinski definition) is 2. The van der Waals surface area contributed by atoms with Crippen LogP contribution in [0.25, 0.3) is 0 Å². The van der Waals surface area contributed by atoms with Crippen molar-refractivity contribution >= 4 is 34.9 Å². The van der Waals surface area contributed by atoms with Crippen molar-refractivity contribution in [1.82, 2.24) is 5.43 Å². The first-order chi connectivity index (χ1) is 13.6. The molecule has 7 heteroatoms. The summed E-state index contributed by atoms with van der Waals surface area (Å²) in [6.07, 6.45) is 10.5. The van der Waals surface area contributed by atoms with Crippen molar-refractivity contribution in [3.05, 3.63) is 23.5 Å². The van der Waals surface area contributed by atoms with Gasteiger partial charge in [0.05, 0.1) is 11.9 Å². The molecule has 0 unspecified atom stereocenters. The molecule has 3 aliphatic rings. The molecule has 28 heavy (non-hydrogen) atoms. The standard InChI is InChI=1S/C21H30FN5S/c22-18-11-17(13-24-25-21(23)28)19(26-8-3-4-9-26)12-20(18)27-10-7-15-5-1-2-6-16(15)14-27/h11-13,15-16H,1-10,14H2,(H3,23,25,28)/b24-13+/t15-,16+/m0/s1. The van der Waals surface area contributed by atoms with Crippen molar-refractivity contribution < 1.29 is 4.39 Å². The fourth-order valence-electron chi connectivity index (χ4n) is 5.13. The lowest BCUT2D eigenvalue weighted by atomic mass is 9.75. The summed E-state index contributed by atoms with van der Waals surface area (Å²) in [7, 11) is 0. The van der Waals surface area contributed by atoms with Crippen molar-refractivity contribution in [2.24, 2.45) is 22.7 Å². The van der Waals surface area contributed by atoms with E-state index < -0.39 is 0 Å². The molecule has 2 aliphatic heterocycles. The second kappa shape index (κ2) is 8.64. The second-order valence-corrected chi connectivity index (χ2v) is 8.77. The predicted molar refractivity (Wildman–Crippen MR) is 118 cm³/mol. The number of piperidine rings is 1. The first kappa shape index (κ1) is 19.4. The SMILES string of the molecule is NC(=S)N/N=C/c1cc(F)c(N2CC[C@@H]3CCCC[C@@H]3C2)cc1N1CCCC1. The minimum atomic E-state index is -0.172. The highest BCUT2D eigenvalue weighted by Gasteiger charge is 2.32. The van der Waals surface area contributed by atoms with Gasteiger partial charge in [-0.05, 0) is 61.9 Å². The molecule has 5 nitrogen and oxygen atoms in total. The summed E-state index contributed by atoms with van der Waals surface area (Å²) in [6, 6.07) is 3.65. The summed E-state index contributed by atoms with van der Waals surface area (Å²) >= 11 is 4.79. The Morgan fingerprint density at radius 1 is 1.04 bits per heavy atom. The summed E-state index contributed by atoms with van der Waals surface area (Å²) in [6.45, 7) is 3.93. The third-order valence-corrected chi connectivity index (χ3v) is 6.64. The molecule has 1 aromatic rings. The maximum Gasteiger partial charge on any atom is 0.184 e. The largest absolute Gasteiger partial charge is 0.375 e. The van der Waals surface area contributed by atoms with Crippen molar-refractivity contribution in [3.63, 3.8) is 0 Å². The van der Waals surface area contributed by atoms with E-state index in [0.29, 0.717) is 5.92 Å². The van der Waals surface area contributed by atoms with Gasteiger partial charge in [-0.15, -0.1) is 0 Å². The van der Waals surface area contributed by atoms with Crippen LogP contribution in [0.2, 0.25) is 0 Å². The third kappa shape index (κ3) is 4.24. The van der Waals surface area contributed by atoms with E-state index in [0.717, 1.165) is 49.0 Å². The van der Waals surface area contributed by atoms with Crippen LogP contribution in [-0.4, -0.2) is 37.5 Å². The zero-order valence-electron chi connectivity index (χ0n) is 16.4. The molecule has 0 bridgehead atoms. The summed E-state index contributed by atoms with van der Waals surface area (Å²) in [4.78, 5) is 4.61. The van der Waals surface area contributed by atoms with Crippen LogP contribution < -0.4 is 21.0 Å². The molecule has 3 fully saturated rings. The van der Waals surface area contributed by atoms with Crippen molar-refractivity contribution in [3.8, 4) is 0 Å². The van der Waals surface area contributed by atoms with Gasteiger partial charge < -0.3 is 15.5 Å². The molecule has 0 amide bonds. The number of benzene rings is 1. The van der Waals surface area contributed by atoms with Gasteiger partial charge in [-0.1, -0.05) is 19.3 Å². The van der Waals surface area contributed by atoms with Gasteiger partial charge in [0.1, 0.15) is 5.82 Å². The third-order valence-electron chi connectivity index (χ3n) is 6.55. The van der Waals surface area contributed by atoms with E-state index in [1.807, 2.05) is 6.07 Å². The number of rotatable bonds is 4. The average Bonchev–Trinajstić information content (AvgIpc) is 3.22. The number of anilines is 2. The lowest BCUT2D eigenvalue weighted by Crippen LogP contribution is -2.42. The lowest BCUT2D eigenvalue weighted by Gasteiger charge is -2.42. The number of fused-ring (bicyclic) bond motifs is 1. The number of thiocarbonyl (C=S) groups is 1. The molecule has 1 aromatic carbocycles. The molecule has 2 heterocycles. The molecule has 0 spiro atoms. The summed E-state index contributed by atoms with van der Waals surface area (Å²) in [5.41, 5.74) is 10.6. The molecule has 152 valence electrons. The highest BCUT2D eigenvalue weighted by molar-refractivity contribution is 7.80. The van der Waals surface area contributed by atoms with Crippen LogP contribution >= 0.6 is 12.2 Å². The Morgan fingerprint density at radius 3 is 2.54 bits per heavy atom. The van der Waals surface area contributed by atoms with Crippen LogP contribution in [0, 0.1) is 17.7 Å². The van der Waals surface area contributed by atoms with E-state index in [1.54, 1.807) is 12.3 Å². The molecule has 0 radical (unpaired) electrons. The average molecular weight is 404 g/mol. The van der Waals surface area contributed by atoms with Gasteiger partial charge in [0.2, 0.25) is 0 Å². The van der Waals surface area contributed by atoms with Crippen molar-refractivity contribution in [1.29, 1.82) is 0 Å². The van der Waals surface area contributed by atoms with Crippen molar-refractivity contribution in [2.75, 3.05) is 36.0 Å². The van der Waals surface area contributed by atoms with Gasteiger partial charge in [-0.3, -0.25) is 5.43 Å². The molecular weight excluding hydrogens is 373 g/mol. The fraction of sp³-hybridized carbons (Fsp3) is 0.619. The van der Waals surface area contributed by atoms with E-state index in [2.05, 4.69) is 20.3 Å². The highest BCUT2D eigenvalue weighted by atomic mass is 32.1. The Labute approximate surface area is 172 Å². The monoisotopic (exact) mass is 403 g/mol. The van der Waals surface area contributed by atoms with Gasteiger partial charge in [0.25, 0.3) is 0 Å². The Balaban J connectivity index is 1.61. The van der Waals surface area contributed by atoms with Crippen LogP contribution in [-0.2, 0) is 0 Å². The van der Waals surface area contributed by atoms with Crippen LogP contribution in [0.1, 0.15) is 50.5 Å². The number of nitrogens with one attached hydrogen (secondary N) is 1. The first-order valence-corrected chi connectivity index (χ1v) is 10.9. The summed E-state index contributed by atoms with van der Waals surface area (Å²) < 4.78 is 15.1. The van der Waals surface area contributed by atoms with Crippen LogP contribution in [0.4, 0.5) is 15.8 Å². The molecule has 1 aliphatic carbocycles. The highest BCUT2D eigenvalue weighted by Crippen LogP contribution is 2.39. The van der Waals surface area contributed by atoms with Crippen LogP contribution in [0.5, 0.6) is 0 Å². The molecule has 2 saturated heterocycles. The summed E-state index contributed by atoms with van der Waals surface area (Å²) in [5, 5.41) is 4.17. The van der Waals surface area contributed by atoms with E-state index in [9.17, 15) is 0 Å². The number of hydrazone groups is 1. The summed E-state index contributed by atoms with van der Waals surface area (Å²) in [5.74, 6) is 1.38. The fourth-order valence-corrected chi connectivity index (χ4v) is 5.18. The molecule has 2 atom stereocenters. The topological polar surface area (TPSA) is 56.9 Å². The maximum atomic E-state index is 15.1. The zero-order valence-corrected chi connectivity index (χ0v) is 17.2. The predicted octanol–water partition coefficient (Wildman–Crippen LogP) is 3.61. The van der Waals surface area contributed by atoms with Gasteiger partial charge in [-0.25, -0.2) is 4.39 Å². The Morgan fingerprint density at radius 2 is 1.79 bits per heavy atom. The smallest absolute Gasteiger partial charge is 0.184 e. The normalized spacial score (nSPS) is 25.2. The Kier molecular flexibility index (Phi) is 5.99. The minimum Gasteiger partial charge on any atom is -0.375 e. The van der Waals surface area contributed by atoms with Gasteiger partial charge in [0, 0.05) is 37.4 Å². The van der Waals surface area contributed by atoms with E-state index in [1.165, 1.54) is 44.9 Å². The quantitative estimate of drug-likeness (QED) is 0.457. The molecule has 4 rings (SSSR count). The van der Waals surface area contributed by atoms with Crippen LogP contribution in [0.3, 0.4) is 0 Å². The lowest BCUT2D eigenvalue weighted by molar-refractivity contribution is 0.202. The zero-order chi connectivity index (χ0) is 19.5. The second-order valence-electron chi connectivity index (χ2n) is 8.33. The maximum absolute atomic E-state index is 15.1. The molecular formula is C21H30FN5S. The van der Waals surface area contributed by atoms with Crippen LogP contribution in [0.15, 0.2) is 17.2 Å². The number of nitrogens with zero attached hydrogens (tertiary/aromatic N) is 3. The number of nitrogens with two attached hydrogens (primary N) is 1. The Bertz CT molecular complexity index is 747. The Hall–Kier alpha value is -1.89. The molecule has 0 aromatic heterocycles. The number of hydrogen-bond acceptors (Lipinski definition) is 4. The van der Waals surface area contributed by atoms with E-state index in [-0.39, 0.29) is 10.9 Å². The van der Waals surface area contributed by atoms with Gasteiger partial charge in [-0.2, -0.15) is 5.10 Å². The molecule has 1 saturated carbocycles. The number of halogens is 1. The van der Waals surface area contributed by atoms with Gasteiger partial charge >= 0.3 is 0 Å². The van der Waals surface area contributed by atoms with Gasteiger partial charge in [0.15, 0.2) is 5.11 Å². The first-order valence-electron chi connectivity index (χ1n) is 10.5. The minimum absolute atomic E-state index is 0.103. The molecule has 3 N–H and O–H groups in total. The van der Waals surface area contributed by atoms with E-state index >= 15 is 4.39 Å². The van der Waals surface area contributed by atoms with Crippen molar-refractivity contribution in [2.45, 2.75) is 44.9 Å².